The van der Waals surface area contributed by atoms with Crippen molar-refractivity contribution < 1.29 is 9.53 Å². The van der Waals surface area contributed by atoms with Gasteiger partial charge in [-0.1, -0.05) is 37.6 Å². The van der Waals surface area contributed by atoms with Gasteiger partial charge < -0.3 is 10.1 Å². The van der Waals surface area contributed by atoms with Gasteiger partial charge in [0.1, 0.15) is 10.8 Å². The van der Waals surface area contributed by atoms with Gasteiger partial charge >= 0.3 is 0 Å². The summed E-state index contributed by atoms with van der Waals surface area (Å²) in [6, 6.07) is 15.4. The number of carbonyl (C=O) groups is 1. The van der Waals surface area contributed by atoms with Gasteiger partial charge in [-0.05, 0) is 36.8 Å². The molecule has 128 valence electrons. The van der Waals surface area contributed by atoms with E-state index in [0.29, 0.717) is 18.0 Å². The molecule has 0 bridgehead atoms. The SMILES string of the molecule is CCCCOc1ccccc1NC(=O)C=Cc1nc2ccccc2s1. The molecule has 2 aromatic carbocycles. The number of fused-ring (bicyclic) bond motifs is 1. The number of para-hydroxylation sites is 3. The molecule has 0 saturated carbocycles. The monoisotopic (exact) mass is 352 g/mol. The topological polar surface area (TPSA) is 51.2 Å². The first-order valence-electron chi connectivity index (χ1n) is 8.32. The van der Waals surface area contributed by atoms with Crippen molar-refractivity contribution in [3.8, 4) is 5.75 Å². The Morgan fingerprint density at radius 3 is 2.84 bits per heavy atom. The fourth-order valence-corrected chi connectivity index (χ4v) is 3.18. The summed E-state index contributed by atoms with van der Waals surface area (Å²) in [4.78, 5) is 16.7. The van der Waals surface area contributed by atoms with Crippen molar-refractivity contribution in [3.63, 3.8) is 0 Å². The Bertz CT molecular complexity index is 853. The molecule has 0 aliphatic carbocycles. The lowest BCUT2D eigenvalue weighted by Crippen LogP contribution is -2.09. The number of rotatable bonds is 7. The number of ether oxygens (including phenoxy) is 1. The van der Waals surface area contributed by atoms with Crippen LogP contribution in [0.2, 0.25) is 0 Å². The molecule has 1 amide bonds. The summed E-state index contributed by atoms with van der Waals surface area (Å²) in [6.07, 6.45) is 5.29. The van der Waals surface area contributed by atoms with Crippen LogP contribution in [0.3, 0.4) is 0 Å². The van der Waals surface area contributed by atoms with Crippen LogP contribution < -0.4 is 10.1 Å². The van der Waals surface area contributed by atoms with E-state index in [1.807, 2.05) is 48.5 Å². The highest BCUT2D eigenvalue weighted by Gasteiger charge is 2.06. The van der Waals surface area contributed by atoms with Crippen LogP contribution in [0.5, 0.6) is 5.75 Å². The second-order valence-electron chi connectivity index (χ2n) is 5.54. The maximum atomic E-state index is 12.2. The van der Waals surface area contributed by atoms with E-state index in [2.05, 4.69) is 17.2 Å². The second kappa shape index (κ2) is 8.44. The Kier molecular flexibility index (Phi) is 5.80. The molecule has 0 aliphatic rings. The Morgan fingerprint density at radius 1 is 1.20 bits per heavy atom. The molecule has 0 fully saturated rings. The number of anilines is 1. The quantitative estimate of drug-likeness (QED) is 0.474. The average Bonchev–Trinajstić information content (AvgIpc) is 3.05. The van der Waals surface area contributed by atoms with Gasteiger partial charge in [-0.3, -0.25) is 4.79 Å². The zero-order valence-corrected chi connectivity index (χ0v) is 14.9. The summed E-state index contributed by atoms with van der Waals surface area (Å²) in [6.45, 7) is 2.76. The third-order valence-electron chi connectivity index (χ3n) is 3.59. The van der Waals surface area contributed by atoms with E-state index in [1.165, 1.54) is 6.08 Å². The average molecular weight is 352 g/mol. The number of amides is 1. The van der Waals surface area contributed by atoms with Gasteiger partial charge in [0.25, 0.3) is 0 Å². The van der Waals surface area contributed by atoms with Crippen molar-refractivity contribution in [2.24, 2.45) is 0 Å². The molecule has 1 heterocycles. The number of hydrogen-bond donors (Lipinski definition) is 1. The molecular formula is C20H20N2O2S. The molecule has 0 unspecified atom stereocenters. The summed E-state index contributed by atoms with van der Waals surface area (Å²) in [7, 11) is 0. The largest absolute Gasteiger partial charge is 0.491 e. The van der Waals surface area contributed by atoms with Gasteiger partial charge in [-0.15, -0.1) is 11.3 Å². The lowest BCUT2D eigenvalue weighted by Gasteiger charge is -2.11. The van der Waals surface area contributed by atoms with Crippen molar-refractivity contribution in [1.29, 1.82) is 0 Å². The summed E-state index contributed by atoms with van der Waals surface area (Å²) in [5.74, 6) is 0.489. The molecule has 3 rings (SSSR count). The first-order chi connectivity index (χ1) is 12.3. The van der Waals surface area contributed by atoms with Gasteiger partial charge in [0.2, 0.25) is 5.91 Å². The highest BCUT2D eigenvalue weighted by Crippen LogP contribution is 2.25. The van der Waals surface area contributed by atoms with E-state index in [4.69, 9.17) is 4.74 Å². The Balaban J connectivity index is 1.66. The van der Waals surface area contributed by atoms with Gasteiger partial charge in [0.05, 0.1) is 22.5 Å². The third-order valence-corrected chi connectivity index (χ3v) is 4.59. The van der Waals surface area contributed by atoms with E-state index in [9.17, 15) is 4.79 Å². The maximum Gasteiger partial charge on any atom is 0.248 e. The lowest BCUT2D eigenvalue weighted by molar-refractivity contribution is -0.111. The molecule has 3 aromatic rings. The zero-order valence-electron chi connectivity index (χ0n) is 14.1. The highest BCUT2D eigenvalue weighted by molar-refractivity contribution is 7.19. The van der Waals surface area contributed by atoms with E-state index in [0.717, 1.165) is 28.1 Å². The first-order valence-corrected chi connectivity index (χ1v) is 9.14. The van der Waals surface area contributed by atoms with Crippen molar-refractivity contribution in [3.05, 3.63) is 59.6 Å². The minimum absolute atomic E-state index is 0.203. The molecule has 0 aliphatic heterocycles. The number of unbranched alkanes of at least 4 members (excludes halogenated alkanes) is 1. The summed E-state index contributed by atoms with van der Waals surface area (Å²) in [5, 5.41) is 3.68. The predicted octanol–water partition coefficient (Wildman–Crippen LogP) is 5.13. The molecule has 0 radical (unpaired) electrons. The van der Waals surface area contributed by atoms with Crippen LogP contribution in [0.15, 0.2) is 54.6 Å². The Labute approximate surface area is 151 Å². The van der Waals surface area contributed by atoms with Gasteiger partial charge in [0, 0.05) is 6.08 Å². The van der Waals surface area contributed by atoms with Crippen LogP contribution in [-0.2, 0) is 4.79 Å². The molecule has 1 aromatic heterocycles. The number of thiazole rings is 1. The van der Waals surface area contributed by atoms with Crippen molar-refractivity contribution in [2.45, 2.75) is 19.8 Å². The fraction of sp³-hybridized carbons (Fsp3) is 0.200. The number of nitrogens with zero attached hydrogens (tertiary/aromatic N) is 1. The molecule has 0 spiro atoms. The van der Waals surface area contributed by atoms with Crippen LogP contribution in [-0.4, -0.2) is 17.5 Å². The standard InChI is InChI=1S/C20H20N2O2S/c1-2-3-14-24-17-10-6-4-8-15(17)21-19(23)12-13-20-22-16-9-5-7-11-18(16)25-20/h4-13H,2-3,14H2,1H3,(H,21,23). The summed E-state index contributed by atoms with van der Waals surface area (Å²) >= 11 is 1.56. The number of aromatic nitrogens is 1. The van der Waals surface area contributed by atoms with E-state index >= 15 is 0 Å². The first kappa shape index (κ1) is 17.2. The third kappa shape index (κ3) is 4.67. The van der Waals surface area contributed by atoms with E-state index in [-0.39, 0.29) is 5.91 Å². The lowest BCUT2D eigenvalue weighted by atomic mass is 10.3. The maximum absolute atomic E-state index is 12.2. The molecule has 1 N–H and O–H groups in total. The minimum Gasteiger partial charge on any atom is -0.491 e. The molecule has 5 heteroatoms. The van der Waals surface area contributed by atoms with Crippen molar-refractivity contribution in [1.82, 2.24) is 4.98 Å². The molecule has 0 saturated heterocycles. The summed E-state index contributed by atoms with van der Waals surface area (Å²) in [5.41, 5.74) is 1.62. The van der Waals surface area contributed by atoms with Crippen molar-refractivity contribution >= 4 is 39.2 Å². The normalized spacial score (nSPS) is 11.1. The van der Waals surface area contributed by atoms with Crippen LogP contribution >= 0.6 is 11.3 Å². The highest BCUT2D eigenvalue weighted by atomic mass is 32.1. The van der Waals surface area contributed by atoms with Crippen LogP contribution in [0.1, 0.15) is 24.8 Å². The Morgan fingerprint density at radius 2 is 2.00 bits per heavy atom. The van der Waals surface area contributed by atoms with Gasteiger partial charge in [0.15, 0.2) is 0 Å². The number of benzene rings is 2. The summed E-state index contributed by atoms with van der Waals surface area (Å²) < 4.78 is 6.84. The smallest absolute Gasteiger partial charge is 0.248 e. The zero-order chi connectivity index (χ0) is 17.5. The second-order valence-corrected chi connectivity index (χ2v) is 6.60. The van der Waals surface area contributed by atoms with Crippen molar-refractivity contribution in [2.75, 3.05) is 11.9 Å². The Hall–Kier alpha value is -2.66. The van der Waals surface area contributed by atoms with Crippen LogP contribution in [0.25, 0.3) is 16.3 Å². The number of hydrogen-bond acceptors (Lipinski definition) is 4. The van der Waals surface area contributed by atoms with E-state index < -0.39 is 0 Å². The molecule has 25 heavy (non-hydrogen) atoms. The predicted molar refractivity (Wildman–Crippen MR) is 104 cm³/mol. The molecular weight excluding hydrogens is 332 g/mol. The molecule has 0 atom stereocenters. The molecule has 4 nitrogen and oxygen atoms in total. The minimum atomic E-state index is -0.203. The number of carbonyl (C=O) groups excluding carboxylic acids is 1. The fourth-order valence-electron chi connectivity index (χ4n) is 2.30. The van der Waals surface area contributed by atoms with Gasteiger partial charge in [-0.25, -0.2) is 4.98 Å². The number of nitrogens with one attached hydrogen (secondary N) is 1. The van der Waals surface area contributed by atoms with Crippen LogP contribution in [0, 0.1) is 0 Å². The van der Waals surface area contributed by atoms with Crippen LogP contribution in [0.4, 0.5) is 5.69 Å². The van der Waals surface area contributed by atoms with E-state index in [1.54, 1.807) is 17.4 Å². The van der Waals surface area contributed by atoms with Gasteiger partial charge in [-0.2, -0.15) is 0 Å².